The number of halogens is 1. The molecule has 0 radical (unpaired) electrons. The highest BCUT2D eigenvalue weighted by atomic mass is 35.5. The van der Waals surface area contributed by atoms with Gasteiger partial charge in [-0.15, -0.1) is 0 Å². The standard InChI is InChI=1S/C17H25ClN2O/c1-3-15(4-2)17(21)20-11-9-19(10-12-20)13-14-5-7-16(18)8-6-14/h5-8,15H,3-4,9-13H2,1-2H3. The second-order valence-corrected chi connectivity index (χ2v) is 6.18. The third-order valence-electron chi connectivity index (χ3n) is 4.34. The first-order valence-electron chi connectivity index (χ1n) is 7.89. The quantitative estimate of drug-likeness (QED) is 0.832. The molecule has 0 saturated carbocycles. The molecule has 1 heterocycles. The molecule has 0 atom stereocenters. The number of hydrogen-bond acceptors (Lipinski definition) is 2. The molecule has 0 spiro atoms. The van der Waals surface area contributed by atoms with Gasteiger partial charge in [0.05, 0.1) is 0 Å². The first-order chi connectivity index (χ1) is 10.1. The van der Waals surface area contributed by atoms with Crippen molar-refractivity contribution in [1.82, 2.24) is 9.80 Å². The monoisotopic (exact) mass is 308 g/mol. The molecule has 1 aliphatic heterocycles. The Morgan fingerprint density at radius 2 is 1.67 bits per heavy atom. The van der Waals surface area contributed by atoms with Gasteiger partial charge in [-0.05, 0) is 30.5 Å². The molecule has 1 aromatic carbocycles. The number of hydrogen-bond donors (Lipinski definition) is 0. The van der Waals surface area contributed by atoms with Crippen molar-refractivity contribution in [3.05, 3.63) is 34.9 Å². The van der Waals surface area contributed by atoms with Crippen molar-refractivity contribution in [1.29, 1.82) is 0 Å². The fourth-order valence-electron chi connectivity index (χ4n) is 2.87. The van der Waals surface area contributed by atoms with Crippen molar-refractivity contribution in [2.75, 3.05) is 26.2 Å². The Morgan fingerprint density at radius 3 is 2.19 bits per heavy atom. The Bertz CT molecular complexity index is 448. The average molecular weight is 309 g/mol. The predicted molar refractivity (Wildman–Crippen MR) is 87.4 cm³/mol. The lowest BCUT2D eigenvalue weighted by Gasteiger charge is -2.36. The van der Waals surface area contributed by atoms with Crippen molar-refractivity contribution in [2.45, 2.75) is 33.2 Å². The topological polar surface area (TPSA) is 23.6 Å². The van der Waals surface area contributed by atoms with Crippen molar-refractivity contribution < 1.29 is 4.79 Å². The number of rotatable bonds is 5. The number of piperazine rings is 1. The van der Waals surface area contributed by atoms with Crippen LogP contribution in [0.2, 0.25) is 5.02 Å². The summed E-state index contributed by atoms with van der Waals surface area (Å²) in [6.07, 6.45) is 1.89. The maximum absolute atomic E-state index is 12.4. The third-order valence-corrected chi connectivity index (χ3v) is 4.59. The third kappa shape index (κ3) is 4.45. The van der Waals surface area contributed by atoms with Gasteiger partial charge in [-0.2, -0.15) is 0 Å². The first kappa shape index (κ1) is 16.3. The maximum atomic E-state index is 12.4. The lowest BCUT2D eigenvalue weighted by Crippen LogP contribution is -2.49. The van der Waals surface area contributed by atoms with Crippen molar-refractivity contribution in [2.24, 2.45) is 5.92 Å². The predicted octanol–water partition coefficient (Wildman–Crippen LogP) is 3.42. The normalized spacial score (nSPS) is 16.5. The van der Waals surface area contributed by atoms with E-state index in [1.807, 2.05) is 17.0 Å². The minimum absolute atomic E-state index is 0.202. The van der Waals surface area contributed by atoms with Gasteiger partial charge in [0.2, 0.25) is 5.91 Å². The molecule has 21 heavy (non-hydrogen) atoms. The van der Waals surface area contributed by atoms with Crippen molar-refractivity contribution in [3.63, 3.8) is 0 Å². The SMILES string of the molecule is CCC(CC)C(=O)N1CCN(Cc2ccc(Cl)cc2)CC1. The van der Waals surface area contributed by atoms with Gasteiger partial charge >= 0.3 is 0 Å². The molecule has 0 aromatic heterocycles. The summed E-state index contributed by atoms with van der Waals surface area (Å²) >= 11 is 5.91. The molecule has 0 bridgehead atoms. The van der Waals surface area contributed by atoms with Gasteiger partial charge in [0.15, 0.2) is 0 Å². The van der Waals surface area contributed by atoms with E-state index in [-0.39, 0.29) is 5.92 Å². The highest BCUT2D eigenvalue weighted by molar-refractivity contribution is 6.30. The minimum atomic E-state index is 0.202. The van der Waals surface area contributed by atoms with Crippen molar-refractivity contribution in [3.8, 4) is 0 Å². The molecule has 3 nitrogen and oxygen atoms in total. The van der Waals surface area contributed by atoms with Crippen LogP contribution >= 0.6 is 11.6 Å². The summed E-state index contributed by atoms with van der Waals surface area (Å²) in [5.74, 6) is 0.541. The zero-order valence-electron chi connectivity index (χ0n) is 13.0. The highest BCUT2D eigenvalue weighted by Gasteiger charge is 2.25. The Balaban J connectivity index is 1.83. The van der Waals surface area contributed by atoms with Gasteiger partial charge in [-0.1, -0.05) is 37.6 Å². The average Bonchev–Trinajstić information content (AvgIpc) is 2.51. The second-order valence-electron chi connectivity index (χ2n) is 5.74. The smallest absolute Gasteiger partial charge is 0.225 e. The lowest BCUT2D eigenvalue weighted by molar-refractivity contribution is -0.137. The van der Waals surface area contributed by atoms with Crippen LogP contribution in [0.1, 0.15) is 32.3 Å². The number of carbonyl (C=O) groups is 1. The van der Waals surface area contributed by atoms with E-state index in [0.717, 1.165) is 50.6 Å². The van der Waals surface area contributed by atoms with Crippen LogP contribution < -0.4 is 0 Å². The molecule has 0 unspecified atom stereocenters. The minimum Gasteiger partial charge on any atom is -0.340 e. The number of nitrogens with zero attached hydrogens (tertiary/aromatic N) is 2. The van der Waals surface area contributed by atoms with Gasteiger partial charge in [0, 0.05) is 43.7 Å². The van der Waals surface area contributed by atoms with E-state index in [1.165, 1.54) is 5.56 Å². The zero-order valence-corrected chi connectivity index (χ0v) is 13.8. The van der Waals surface area contributed by atoms with Crippen LogP contribution in [0.3, 0.4) is 0 Å². The van der Waals surface area contributed by atoms with Crippen LogP contribution in [-0.4, -0.2) is 41.9 Å². The second kappa shape index (κ2) is 7.81. The summed E-state index contributed by atoms with van der Waals surface area (Å²) in [7, 11) is 0. The molecule has 2 rings (SSSR count). The molecule has 1 amide bonds. The zero-order chi connectivity index (χ0) is 15.2. The van der Waals surface area contributed by atoms with E-state index in [9.17, 15) is 4.79 Å². The largest absolute Gasteiger partial charge is 0.340 e. The van der Waals surface area contributed by atoms with E-state index in [1.54, 1.807) is 0 Å². The molecule has 116 valence electrons. The molecule has 1 saturated heterocycles. The van der Waals surface area contributed by atoms with E-state index in [4.69, 9.17) is 11.6 Å². The summed E-state index contributed by atoms with van der Waals surface area (Å²) in [5.41, 5.74) is 1.28. The Labute approximate surface area is 132 Å². The van der Waals surface area contributed by atoms with Crippen LogP contribution in [0, 0.1) is 5.92 Å². The molecule has 0 N–H and O–H groups in total. The van der Waals surface area contributed by atoms with E-state index in [0.29, 0.717) is 5.91 Å². The van der Waals surface area contributed by atoms with Gasteiger partial charge in [0.1, 0.15) is 0 Å². The lowest BCUT2D eigenvalue weighted by atomic mass is 10.0. The Kier molecular flexibility index (Phi) is 6.07. The summed E-state index contributed by atoms with van der Waals surface area (Å²) in [5, 5.41) is 0.777. The summed E-state index contributed by atoms with van der Waals surface area (Å²) in [6.45, 7) is 8.74. The van der Waals surface area contributed by atoms with E-state index in [2.05, 4.69) is 30.9 Å². The number of amides is 1. The first-order valence-corrected chi connectivity index (χ1v) is 8.27. The fourth-order valence-corrected chi connectivity index (χ4v) is 3.00. The summed E-state index contributed by atoms with van der Waals surface area (Å²) in [4.78, 5) is 16.8. The molecule has 1 aliphatic rings. The van der Waals surface area contributed by atoms with Gasteiger partial charge in [-0.25, -0.2) is 0 Å². The summed E-state index contributed by atoms with van der Waals surface area (Å²) < 4.78 is 0. The Hall–Kier alpha value is -1.06. The molecule has 4 heteroatoms. The number of carbonyl (C=O) groups excluding carboxylic acids is 1. The number of benzene rings is 1. The van der Waals surface area contributed by atoms with Crippen molar-refractivity contribution >= 4 is 17.5 Å². The van der Waals surface area contributed by atoms with Gasteiger partial charge < -0.3 is 4.90 Å². The van der Waals surface area contributed by atoms with Gasteiger partial charge in [0.25, 0.3) is 0 Å². The van der Waals surface area contributed by atoms with Crippen LogP contribution in [0.25, 0.3) is 0 Å². The Morgan fingerprint density at radius 1 is 1.10 bits per heavy atom. The molecule has 0 aliphatic carbocycles. The van der Waals surface area contributed by atoms with E-state index >= 15 is 0 Å². The maximum Gasteiger partial charge on any atom is 0.225 e. The molecule has 1 aromatic rings. The van der Waals surface area contributed by atoms with Crippen LogP contribution in [0.4, 0.5) is 0 Å². The molecular formula is C17H25ClN2O. The summed E-state index contributed by atoms with van der Waals surface area (Å²) in [6, 6.07) is 8.02. The molecule has 1 fully saturated rings. The highest BCUT2D eigenvalue weighted by Crippen LogP contribution is 2.16. The molecular weight excluding hydrogens is 284 g/mol. The van der Waals surface area contributed by atoms with E-state index < -0.39 is 0 Å². The van der Waals surface area contributed by atoms with Crippen LogP contribution in [0.5, 0.6) is 0 Å². The van der Waals surface area contributed by atoms with Crippen LogP contribution in [0.15, 0.2) is 24.3 Å². The fraction of sp³-hybridized carbons (Fsp3) is 0.588. The van der Waals surface area contributed by atoms with Crippen LogP contribution in [-0.2, 0) is 11.3 Å². The van der Waals surface area contributed by atoms with Gasteiger partial charge in [-0.3, -0.25) is 9.69 Å².